The van der Waals surface area contributed by atoms with Crippen LogP contribution in [-0.4, -0.2) is 42.3 Å². The van der Waals surface area contributed by atoms with Crippen LogP contribution in [0, 0.1) is 6.92 Å². The van der Waals surface area contributed by atoms with E-state index in [9.17, 15) is 4.79 Å². The average Bonchev–Trinajstić information content (AvgIpc) is 3.09. The fraction of sp³-hybridized carbons (Fsp3) is 0.435. The molecule has 0 radical (unpaired) electrons. The number of benzene rings is 2. The summed E-state index contributed by atoms with van der Waals surface area (Å²) >= 11 is 1.86. The van der Waals surface area contributed by atoms with E-state index in [2.05, 4.69) is 24.1 Å². The van der Waals surface area contributed by atoms with Crippen molar-refractivity contribution in [1.29, 1.82) is 0 Å². The lowest BCUT2D eigenvalue weighted by Gasteiger charge is -2.34. The molecule has 1 aromatic heterocycles. The topological polar surface area (TPSA) is 51.9 Å². The summed E-state index contributed by atoms with van der Waals surface area (Å²) in [6, 6.07) is 8.45. The number of carbonyl (C=O) groups is 1. The largest absolute Gasteiger partial charge is 0.477 e. The van der Waals surface area contributed by atoms with E-state index in [0.29, 0.717) is 30.7 Å². The molecule has 1 unspecified atom stereocenters. The average molecular weight is 414 g/mol. The van der Waals surface area contributed by atoms with Crippen LogP contribution in [0.5, 0.6) is 5.75 Å². The van der Waals surface area contributed by atoms with Crippen molar-refractivity contribution in [2.45, 2.75) is 39.8 Å². The smallest absolute Gasteiger partial charge is 0.342 e. The zero-order valence-corrected chi connectivity index (χ0v) is 18.2. The molecule has 0 amide bonds. The molecule has 29 heavy (non-hydrogen) atoms. The Morgan fingerprint density at radius 2 is 2.07 bits per heavy atom. The van der Waals surface area contributed by atoms with Gasteiger partial charge in [0.25, 0.3) is 0 Å². The second-order valence-electron chi connectivity index (χ2n) is 7.46. The first-order valence-electron chi connectivity index (χ1n) is 10.1. The minimum atomic E-state index is -0.339. The number of ether oxygens (including phenoxy) is 2. The third-order valence-electron chi connectivity index (χ3n) is 5.66. The van der Waals surface area contributed by atoms with Gasteiger partial charge in [0.2, 0.25) is 0 Å². The number of nitrogens with zero attached hydrogens (tertiary/aromatic N) is 1. The molecular formula is C23H27NO4S. The van der Waals surface area contributed by atoms with E-state index >= 15 is 0 Å². The molecule has 0 aliphatic carbocycles. The summed E-state index contributed by atoms with van der Waals surface area (Å²) in [6.45, 7) is 7.47. The highest BCUT2D eigenvalue weighted by molar-refractivity contribution is 7.98. The Labute approximate surface area is 175 Å². The standard InChI is InChI=1S/C23H27NO4S/c1-5-26-23(25)19-15(3)28-22-17-9-7-6-8-16(17)21-18(20(19)22)12-24(13-27-21)14(2)10-11-29-4/h6-9,14H,5,10-13H2,1-4H3. The van der Waals surface area contributed by atoms with E-state index in [1.165, 1.54) is 0 Å². The fourth-order valence-corrected chi connectivity index (χ4v) is 4.67. The lowest BCUT2D eigenvalue weighted by molar-refractivity contribution is 0.0525. The maximum atomic E-state index is 12.8. The van der Waals surface area contributed by atoms with E-state index in [4.69, 9.17) is 13.9 Å². The highest BCUT2D eigenvalue weighted by Gasteiger charge is 2.31. The summed E-state index contributed by atoms with van der Waals surface area (Å²) in [6.07, 6.45) is 3.22. The van der Waals surface area contributed by atoms with Gasteiger partial charge in [-0.25, -0.2) is 4.79 Å². The molecule has 0 bridgehead atoms. The highest BCUT2D eigenvalue weighted by atomic mass is 32.2. The second kappa shape index (κ2) is 8.28. The number of hydrogen-bond donors (Lipinski definition) is 0. The maximum Gasteiger partial charge on any atom is 0.342 e. The van der Waals surface area contributed by atoms with Crippen molar-refractivity contribution < 1.29 is 18.7 Å². The van der Waals surface area contributed by atoms with E-state index in [1.807, 2.05) is 43.8 Å². The number of rotatable bonds is 6. The lowest BCUT2D eigenvalue weighted by Crippen LogP contribution is -2.39. The van der Waals surface area contributed by atoms with Gasteiger partial charge in [-0.15, -0.1) is 0 Å². The molecule has 2 heterocycles. The van der Waals surface area contributed by atoms with Crippen LogP contribution in [-0.2, 0) is 11.3 Å². The zero-order valence-electron chi connectivity index (χ0n) is 17.4. The van der Waals surface area contributed by atoms with Gasteiger partial charge in [-0.05, 0) is 39.2 Å². The Hall–Kier alpha value is -2.18. The van der Waals surface area contributed by atoms with Crippen molar-refractivity contribution in [3.05, 3.63) is 41.2 Å². The van der Waals surface area contributed by atoms with Crippen molar-refractivity contribution >= 4 is 39.5 Å². The summed E-state index contributed by atoms with van der Waals surface area (Å²) in [7, 11) is 0. The summed E-state index contributed by atoms with van der Waals surface area (Å²) in [5.74, 6) is 2.21. The van der Waals surface area contributed by atoms with Gasteiger partial charge in [-0.3, -0.25) is 4.90 Å². The highest BCUT2D eigenvalue weighted by Crippen LogP contribution is 2.44. The van der Waals surface area contributed by atoms with Gasteiger partial charge < -0.3 is 13.9 Å². The van der Waals surface area contributed by atoms with Gasteiger partial charge in [-0.1, -0.05) is 24.3 Å². The van der Waals surface area contributed by atoms with Crippen LogP contribution < -0.4 is 4.74 Å². The van der Waals surface area contributed by atoms with Crippen LogP contribution >= 0.6 is 11.8 Å². The van der Waals surface area contributed by atoms with Crippen molar-refractivity contribution in [1.82, 2.24) is 4.90 Å². The molecule has 1 aliphatic rings. The van der Waals surface area contributed by atoms with Crippen LogP contribution in [0.1, 0.15) is 41.9 Å². The van der Waals surface area contributed by atoms with Gasteiger partial charge in [-0.2, -0.15) is 11.8 Å². The number of aryl methyl sites for hydroxylation is 1. The minimum absolute atomic E-state index is 0.328. The molecule has 1 aliphatic heterocycles. The summed E-state index contributed by atoms with van der Waals surface area (Å²) in [5.41, 5.74) is 2.27. The molecule has 0 N–H and O–H groups in total. The molecule has 0 fully saturated rings. The molecule has 4 rings (SSSR count). The number of esters is 1. The van der Waals surface area contributed by atoms with Crippen molar-refractivity contribution in [2.24, 2.45) is 0 Å². The normalized spacial score (nSPS) is 15.3. The Morgan fingerprint density at radius 3 is 2.79 bits per heavy atom. The van der Waals surface area contributed by atoms with E-state index in [-0.39, 0.29) is 5.97 Å². The minimum Gasteiger partial charge on any atom is -0.477 e. The molecular weight excluding hydrogens is 386 g/mol. The first kappa shape index (κ1) is 20.1. The van der Waals surface area contributed by atoms with Gasteiger partial charge in [0, 0.05) is 34.3 Å². The Balaban J connectivity index is 1.92. The quantitative estimate of drug-likeness (QED) is 0.507. The first-order chi connectivity index (χ1) is 14.1. The molecule has 0 saturated heterocycles. The van der Waals surface area contributed by atoms with Crippen molar-refractivity contribution in [3.63, 3.8) is 0 Å². The number of thioether (sulfide) groups is 1. The molecule has 6 heteroatoms. The lowest BCUT2D eigenvalue weighted by atomic mass is 9.96. The molecule has 0 saturated carbocycles. The molecule has 5 nitrogen and oxygen atoms in total. The second-order valence-corrected chi connectivity index (χ2v) is 8.45. The van der Waals surface area contributed by atoms with Crippen LogP contribution in [0.4, 0.5) is 0 Å². The van der Waals surface area contributed by atoms with Crippen LogP contribution in [0.2, 0.25) is 0 Å². The van der Waals surface area contributed by atoms with E-state index < -0.39 is 0 Å². The summed E-state index contributed by atoms with van der Waals surface area (Å²) in [5, 5.41) is 2.82. The monoisotopic (exact) mass is 413 g/mol. The molecule has 154 valence electrons. The number of furan rings is 1. The number of carbonyl (C=O) groups excluding carboxylic acids is 1. The van der Waals surface area contributed by atoms with E-state index in [1.54, 1.807) is 0 Å². The van der Waals surface area contributed by atoms with Gasteiger partial charge in [0.05, 0.1) is 6.61 Å². The van der Waals surface area contributed by atoms with Gasteiger partial charge in [0.1, 0.15) is 29.4 Å². The van der Waals surface area contributed by atoms with E-state index in [0.717, 1.165) is 51.8 Å². The Morgan fingerprint density at radius 1 is 1.31 bits per heavy atom. The first-order valence-corrected chi connectivity index (χ1v) is 11.5. The molecule has 0 spiro atoms. The number of hydrogen-bond acceptors (Lipinski definition) is 6. The predicted octanol–water partition coefficient (Wildman–Crippen LogP) is 5.36. The third kappa shape index (κ3) is 3.49. The Bertz CT molecular complexity index is 1060. The fourth-order valence-electron chi connectivity index (χ4n) is 4.09. The van der Waals surface area contributed by atoms with Crippen LogP contribution in [0.3, 0.4) is 0 Å². The van der Waals surface area contributed by atoms with Crippen LogP contribution in [0.15, 0.2) is 28.7 Å². The zero-order chi connectivity index (χ0) is 20.5. The SMILES string of the molecule is CCOC(=O)c1c(C)oc2c1c1c(c3ccccc32)OCN(C(C)CCSC)C1. The number of fused-ring (bicyclic) bond motifs is 6. The summed E-state index contributed by atoms with van der Waals surface area (Å²) in [4.78, 5) is 15.1. The molecule has 1 atom stereocenters. The van der Waals surface area contributed by atoms with Gasteiger partial charge >= 0.3 is 5.97 Å². The summed E-state index contributed by atoms with van der Waals surface area (Å²) < 4.78 is 17.8. The Kier molecular flexibility index (Phi) is 5.74. The predicted molar refractivity (Wildman–Crippen MR) is 118 cm³/mol. The molecule has 3 aromatic rings. The third-order valence-corrected chi connectivity index (χ3v) is 6.30. The van der Waals surface area contributed by atoms with Crippen LogP contribution in [0.25, 0.3) is 21.7 Å². The maximum absolute atomic E-state index is 12.8. The molecule has 2 aromatic carbocycles. The van der Waals surface area contributed by atoms with Crippen molar-refractivity contribution in [3.8, 4) is 5.75 Å². The van der Waals surface area contributed by atoms with Crippen molar-refractivity contribution in [2.75, 3.05) is 25.3 Å². The van der Waals surface area contributed by atoms with Gasteiger partial charge in [0.15, 0.2) is 0 Å².